The predicted molar refractivity (Wildman–Crippen MR) is 85.3 cm³/mol. The van der Waals surface area contributed by atoms with E-state index < -0.39 is 5.97 Å². The van der Waals surface area contributed by atoms with Crippen molar-refractivity contribution in [3.05, 3.63) is 64.4 Å². The highest BCUT2D eigenvalue weighted by molar-refractivity contribution is 6.00. The average molecular weight is 311 g/mol. The number of aryl methyl sites for hydroxylation is 2. The van der Waals surface area contributed by atoms with Crippen molar-refractivity contribution in [1.82, 2.24) is 10.4 Å². The molecule has 0 aliphatic rings. The van der Waals surface area contributed by atoms with Crippen molar-refractivity contribution in [3.63, 3.8) is 0 Å². The van der Waals surface area contributed by atoms with E-state index in [9.17, 15) is 0 Å². The minimum atomic E-state index is -1.08. The van der Waals surface area contributed by atoms with E-state index in [4.69, 9.17) is 15.3 Å². The van der Waals surface area contributed by atoms with Crippen LogP contribution in [0.4, 0.5) is 5.82 Å². The summed E-state index contributed by atoms with van der Waals surface area (Å²) in [6, 6.07) is 13.3. The number of hydrogen-bond donors (Lipinski definition) is 1. The molecule has 0 aliphatic carbocycles. The third kappa shape index (κ3) is 6.82. The van der Waals surface area contributed by atoms with E-state index in [0.717, 1.165) is 23.7 Å². The molecule has 0 saturated carbocycles. The van der Waals surface area contributed by atoms with Gasteiger partial charge in [0.1, 0.15) is 0 Å². The molecule has 1 aromatic carbocycles. The Kier molecular flexibility index (Phi) is 6.88. The number of pyridine rings is 1. The van der Waals surface area contributed by atoms with E-state index in [-0.39, 0.29) is 0 Å². The smallest absolute Gasteiger partial charge is 0.309 e. The summed E-state index contributed by atoms with van der Waals surface area (Å²) in [5, 5.41) is 20.5. The van der Waals surface area contributed by atoms with Crippen LogP contribution in [-0.4, -0.2) is 16.8 Å². The summed E-state index contributed by atoms with van der Waals surface area (Å²) >= 11 is 0. The summed E-state index contributed by atoms with van der Waals surface area (Å²) in [7, 11) is 0. The highest BCUT2D eigenvalue weighted by Crippen LogP contribution is 2.14. The second-order valence-corrected chi connectivity index (χ2v) is 4.67. The first kappa shape index (κ1) is 17.8. The molecular formula is C16H17N5O2. The van der Waals surface area contributed by atoms with Crippen LogP contribution in [0.3, 0.4) is 0 Å². The summed E-state index contributed by atoms with van der Waals surface area (Å²) in [5.41, 5.74) is 5.28. The van der Waals surface area contributed by atoms with Gasteiger partial charge < -0.3 is 9.90 Å². The SMILES string of the molecule is CC(=O)[O-].Cc1cc(C)nc(/N=C(\N[N+]#N)c2ccccc2)c1. The number of aliphatic carboxylic acids is 1. The van der Waals surface area contributed by atoms with Crippen LogP contribution < -0.4 is 10.5 Å². The number of amidine groups is 1. The lowest BCUT2D eigenvalue weighted by molar-refractivity contribution is -0.302. The van der Waals surface area contributed by atoms with Gasteiger partial charge >= 0.3 is 5.08 Å². The lowest BCUT2D eigenvalue weighted by Crippen LogP contribution is -2.16. The van der Waals surface area contributed by atoms with Gasteiger partial charge in [0.25, 0.3) is 5.39 Å². The normalized spacial score (nSPS) is 10.1. The third-order valence-electron chi connectivity index (χ3n) is 2.51. The van der Waals surface area contributed by atoms with Crippen molar-refractivity contribution in [2.24, 2.45) is 4.99 Å². The van der Waals surface area contributed by atoms with Crippen LogP contribution >= 0.6 is 0 Å². The van der Waals surface area contributed by atoms with E-state index in [0.29, 0.717) is 11.7 Å². The Bertz CT molecular complexity index is 712. The van der Waals surface area contributed by atoms with Crippen LogP contribution in [0.1, 0.15) is 23.7 Å². The number of benzene rings is 1. The topological polar surface area (TPSA) is 106 Å². The summed E-state index contributed by atoms with van der Waals surface area (Å²) in [5.74, 6) is -0.0619. The Morgan fingerprint density at radius 2 is 1.87 bits per heavy atom. The maximum atomic E-state index is 8.89. The zero-order valence-corrected chi connectivity index (χ0v) is 13.1. The zero-order valence-electron chi connectivity index (χ0n) is 13.1. The van der Waals surface area contributed by atoms with Gasteiger partial charge in [-0.2, -0.15) is 0 Å². The monoisotopic (exact) mass is 311 g/mol. The second kappa shape index (κ2) is 8.89. The molecule has 7 nitrogen and oxygen atoms in total. The maximum absolute atomic E-state index is 8.89. The van der Waals surface area contributed by atoms with Crippen molar-refractivity contribution in [2.75, 3.05) is 0 Å². The highest BCUT2D eigenvalue weighted by Gasteiger charge is 2.09. The zero-order chi connectivity index (χ0) is 17.2. The molecule has 0 saturated heterocycles. The Labute approximate surface area is 134 Å². The van der Waals surface area contributed by atoms with Gasteiger partial charge in [0, 0.05) is 22.7 Å². The van der Waals surface area contributed by atoms with Gasteiger partial charge in [0.2, 0.25) is 5.84 Å². The van der Waals surface area contributed by atoms with Crippen LogP contribution in [0.15, 0.2) is 47.5 Å². The van der Waals surface area contributed by atoms with Crippen molar-refractivity contribution in [2.45, 2.75) is 20.8 Å². The molecule has 0 unspecified atom stereocenters. The van der Waals surface area contributed by atoms with Gasteiger partial charge in [0.15, 0.2) is 5.82 Å². The first-order valence-corrected chi connectivity index (χ1v) is 6.79. The molecular weight excluding hydrogens is 294 g/mol. The van der Waals surface area contributed by atoms with Crippen LogP contribution in [0.5, 0.6) is 0 Å². The largest absolute Gasteiger partial charge is 0.550 e. The molecule has 1 aromatic heterocycles. The fraction of sp³-hybridized carbons (Fsp3) is 0.188. The minimum Gasteiger partial charge on any atom is -0.550 e. The van der Waals surface area contributed by atoms with Crippen molar-refractivity contribution < 1.29 is 9.90 Å². The third-order valence-corrected chi connectivity index (χ3v) is 2.51. The van der Waals surface area contributed by atoms with Crippen LogP contribution in [0.2, 0.25) is 0 Å². The van der Waals surface area contributed by atoms with Crippen molar-refractivity contribution in [1.29, 1.82) is 5.39 Å². The fourth-order valence-corrected chi connectivity index (χ4v) is 1.79. The molecule has 2 rings (SSSR count). The van der Waals surface area contributed by atoms with Gasteiger partial charge in [-0.3, -0.25) is 0 Å². The number of nitrogens with zero attached hydrogens (tertiary/aromatic N) is 4. The maximum Gasteiger partial charge on any atom is 0.309 e. The Morgan fingerprint density at radius 1 is 1.26 bits per heavy atom. The number of carboxylic acid groups (broad SMARTS) is 1. The lowest BCUT2D eigenvalue weighted by Gasteiger charge is -2.01. The number of rotatable bonds is 2. The molecule has 1 N–H and O–H groups in total. The molecule has 7 heteroatoms. The first-order valence-electron chi connectivity index (χ1n) is 6.79. The first-order chi connectivity index (χ1) is 10.9. The fourth-order valence-electron chi connectivity index (χ4n) is 1.79. The quantitative estimate of drug-likeness (QED) is 0.394. The number of hydrogen-bond acceptors (Lipinski definition) is 5. The highest BCUT2D eigenvalue weighted by atomic mass is 16.4. The van der Waals surface area contributed by atoms with Crippen molar-refractivity contribution >= 4 is 17.6 Å². The van der Waals surface area contributed by atoms with Crippen molar-refractivity contribution in [3.8, 4) is 0 Å². The molecule has 0 atom stereocenters. The molecule has 23 heavy (non-hydrogen) atoms. The Balaban J connectivity index is 0.000000593. The van der Waals surface area contributed by atoms with Crippen LogP contribution in [0.25, 0.3) is 5.08 Å². The number of carbonyl (C=O) groups is 1. The molecule has 118 valence electrons. The molecule has 0 spiro atoms. The van der Waals surface area contributed by atoms with Crippen LogP contribution in [-0.2, 0) is 4.79 Å². The van der Waals surface area contributed by atoms with E-state index in [2.05, 4.69) is 20.5 Å². The van der Waals surface area contributed by atoms with E-state index in [1.165, 1.54) is 0 Å². The van der Waals surface area contributed by atoms with Gasteiger partial charge in [-0.25, -0.2) is 9.98 Å². The summed E-state index contributed by atoms with van der Waals surface area (Å²) in [4.78, 5) is 17.6. The number of aliphatic imine (C=N–C) groups is 1. The number of carboxylic acids is 1. The number of nitrogens with one attached hydrogen (secondary N) is 1. The predicted octanol–water partition coefficient (Wildman–Crippen LogP) is 1.89. The Morgan fingerprint density at radius 3 is 2.39 bits per heavy atom. The summed E-state index contributed by atoms with van der Waals surface area (Å²) < 4.78 is 0. The van der Waals surface area contributed by atoms with Gasteiger partial charge in [-0.1, -0.05) is 30.3 Å². The standard InChI is InChI=1S/C14H14N5.C2H4O2/c1-10-8-11(2)16-13(9-10)17-14(18-19-15)12-6-4-3-5-7-12;1-2(3)4/h3-9H,1-2H3,(H,16,17,18);1H3,(H,3,4)/q+1;/p-1. The van der Waals surface area contributed by atoms with E-state index in [1.807, 2.05) is 56.3 Å². The summed E-state index contributed by atoms with van der Waals surface area (Å²) in [6.45, 7) is 4.87. The molecule has 0 aliphatic heterocycles. The van der Waals surface area contributed by atoms with E-state index in [1.54, 1.807) is 0 Å². The minimum absolute atomic E-state index is 0.445. The average Bonchev–Trinajstić information content (AvgIpc) is 2.46. The number of aromatic nitrogens is 1. The molecule has 0 fully saturated rings. The summed E-state index contributed by atoms with van der Waals surface area (Å²) in [6.07, 6.45) is 0. The van der Waals surface area contributed by atoms with Gasteiger partial charge in [0.05, 0.1) is 0 Å². The number of carbonyl (C=O) groups excluding carboxylic acids is 1. The van der Waals surface area contributed by atoms with Gasteiger partial charge in [-0.05, 0) is 38.5 Å². The Hall–Kier alpha value is -3.27. The second-order valence-electron chi connectivity index (χ2n) is 4.67. The van der Waals surface area contributed by atoms with E-state index >= 15 is 0 Å². The molecule has 1 heterocycles. The van der Waals surface area contributed by atoms with Gasteiger partial charge in [-0.15, -0.1) is 0 Å². The van der Waals surface area contributed by atoms with Crippen LogP contribution in [0, 0.1) is 19.2 Å². The lowest BCUT2D eigenvalue weighted by atomic mass is 10.2. The molecule has 0 radical (unpaired) electrons. The molecule has 0 amide bonds. The molecule has 2 aromatic rings. The number of diazo groups is 1. The molecule has 0 bridgehead atoms.